The molecule has 4 heterocycles. The summed E-state index contributed by atoms with van der Waals surface area (Å²) < 4.78 is 5.59. The summed E-state index contributed by atoms with van der Waals surface area (Å²) >= 11 is 1.80. The molecule has 140 valence electrons. The summed E-state index contributed by atoms with van der Waals surface area (Å²) in [6.45, 7) is 4.68. The number of hydrogen-bond donors (Lipinski definition) is 0. The third kappa shape index (κ3) is 3.12. The molecule has 2 aliphatic heterocycles. The van der Waals surface area contributed by atoms with E-state index in [-0.39, 0.29) is 0 Å². The molecule has 1 spiro atoms. The van der Waals surface area contributed by atoms with Crippen molar-refractivity contribution in [2.24, 2.45) is 5.41 Å². The van der Waals surface area contributed by atoms with Gasteiger partial charge in [-0.25, -0.2) is 0 Å². The Morgan fingerprint density at radius 1 is 1.31 bits per heavy atom. The topological polar surface area (TPSA) is 45.4 Å². The zero-order chi connectivity index (χ0) is 17.6. The number of piperidine rings is 1. The Morgan fingerprint density at radius 3 is 2.85 bits per heavy atom. The standard InChI is InChI=1S/C20H28N4OS/c1-23-14-20(6-8-24(9-7-20)12-15-5-10-26-13-15)11-17(23)18-21-19(25-22-18)16-3-2-4-16/h5,10,13,16-17H,2-4,6-9,11-12,14H2,1H3. The van der Waals surface area contributed by atoms with E-state index in [1.807, 2.05) is 0 Å². The fourth-order valence-corrected chi connectivity index (χ4v) is 5.61. The summed E-state index contributed by atoms with van der Waals surface area (Å²) in [6, 6.07) is 2.58. The number of hydrogen-bond acceptors (Lipinski definition) is 6. The smallest absolute Gasteiger partial charge is 0.229 e. The van der Waals surface area contributed by atoms with Gasteiger partial charge in [-0.15, -0.1) is 0 Å². The molecule has 1 unspecified atom stereocenters. The van der Waals surface area contributed by atoms with Gasteiger partial charge in [0.25, 0.3) is 0 Å². The monoisotopic (exact) mass is 372 g/mol. The summed E-state index contributed by atoms with van der Waals surface area (Å²) in [7, 11) is 2.23. The molecule has 0 aromatic carbocycles. The molecule has 6 heteroatoms. The second-order valence-corrected chi connectivity index (χ2v) is 9.44. The van der Waals surface area contributed by atoms with Gasteiger partial charge in [-0.1, -0.05) is 11.6 Å². The average molecular weight is 373 g/mol. The molecule has 1 aliphatic carbocycles. The minimum Gasteiger partial charge on any atom is -0.339 e. The highest BCUT2D eigenvalue weighted by molar-refractivity contribution is 7.07. The van der Waals surface area contributed by atoms with E-state index in [1.165, 1.54) is 57.2 Å². The van der Waals surface area contributed by atoms with Gasteiger partial charge in [0.1, 0.15) is 0 Å². The highest BCUT2D eigenvalue weighted by Gasteiger charge is 2.46. The lowest BCUT2D eigenvalue weighted by Gasteiger charge is -2.39. The fourth-order valence-electron chi connectivity index (χ4n) is 4.95. The lowest BCUT2D eigenvalue weighted by molar-refractivity contribution is 0.105. The minimum absolute atomic E-state index is 0.330. The number of likely N-dealkylation sites (tertiary alicyclic amines) is 2. The quantitative estimate of drug-likeness (QED) is 0.810. The molecule has 2 aromatic heterocycles. The number of aromatic nitrogens is 2. The van der Waals surface area contributed by atoms with Crippen molar-refractivity contribution in [3.05, 3.63) is 34.1 Å². The van der Waals surface area contributed by atoms with E-state index in [0.29, 0.717) is 17.4 Å². The Balaban J connectivity index is 1.22. The molecule has 0 bridgehead atoms. The molecule has 0 N–H and O–H groups in total. The van der Waals surface area contributed by atoms with E-state index in [0.717, 1.165) is 24.8 Å². The van der Waals surface area contributed by atoms with E-state index in [9.17, 15) is 0 Å². The highest BCUT2D eigenvalue weighted by atomic mass is 32.1. The summed E-state index contributed by atoms with van der Waals surface area (Å²) in [5, 5.41) is 8.82. The van der Waals surface area contributed by atoms with Gasteiger partial charge in [-0.3, -0.25) is 9.80 Å². The van der Waals surface area contributed by atoms with E-state index in [2.05, 4.69) is 38.8 Å². The third-order valence-corrected chi connectivity index (χ3v) is 7.59. The predicted octanol–water partition coefficient (Wildman–Crippen LogP) is 4.06. The molecule has 2 aromatic rings. The SMILES string of the molecule is CN1CC2(CCN(Cc3ccsc3)CC2)CC1c1noc(C2CCC2)n1. The van der Waals surface area contributed by atoms with Crippen LogP contribution in [0.2, 0.25) is 0 Å². The van der Waals surface area contributed by atoms with Crippen molar-refractivity contribution in [2.45, 2.75) is 57.0 Å². The fraction of sp³-hybridized carbons (Fsp3) is 0.700. The summed E-state index contributed by atoms with van der Waals surface area (Å²) in [5.74, 6) is 2.33. The van der Waals surface area contributed by atoms with Crippen molar-refractivity contribution in [2.75, 3.05) is 26.7 Å². The summed E-state index contributed by atoms with van der Waals surface area (Å²) in [5.41, 5.74) is 1.89. The van der Waals surface area contributed by atoms with Crippen molar-refractivity contribution in [1.29, 1.82) is 0 Å². The zero-order valence-corrected chi connectivity index (χ0v) is 16.4. The molecule has 0 amide bonds. The minimum atomic E-state index is 0.330. The molecule has 5 nitrogen and oxygen atoms in total. The number of nitrogens with zero attached hydrogens (tertiary/aromatic N) is 4. The van der Waals surface area contributed by atoms with Crippen LogP contribution in [0.5, 0.6) is 0 Å². The first-order chi connectivity index (χ1) is 12.7. The molecule has 2 saturated heterocycles. The molecule has 3 aliphatic rings. The van der Waals surface area contributed by atoms with E-state index in [4.69, 9.17) is 9.51 Å². The van der Waals surface area contributed by atoms with Gasteiger partial charge in [0, 0.05) is 19.0 Å². The van der Waals surface area contributed by atoms with Gasteiger partial charge in [-0.05, 0) is 80.0 Å². The van der Waals surface area contributed by atoms with Crippen molar-refractivity contribution >= 4 is 11.3 Å². The third-order valence-electron chi connectivity index (χ3n) is 6.86. The zero-order valence-electron chi connectivity index (χ0n) is 15.6. The number of thiophene rings is 1. The Kier molecular flexibility index (Phi) is 4.38. The summed E-state index contributed by atoms with van der Waals surface area (Å²) in [4.78, 5) is 9.86. The lowest BCUT2D eigenvalue weighted by atomic mass is 9.76. The van der Waals surface area contributed by atoms with Crippen molar-refractivity contribution < 1.29 is 4.52 Å². The van der Waals surface area contributed by atoms with Crippen molar-refractivity contribution in [3.8, 4) is 0 Å². The molecule has 1 atom stereocenters. The van der Waals surface area contributed by atoms with Crippen LogP contribution in [-0.4, -0.2) is 46.6 Å². The maximum atomic E-state index is 5.59. The Labute approximate surface area is 159 Å². The normalized spacial score (nSPS) is 27.2. The highest BCUT2D eigenvalue weighted by Crippen LogP contribution is 2.48. The molecule has 5 rings (SSSR count). The molecule has 3 fully saturated rings. The van der Waals surface area contributed by atoms with Gasteiger partial charge in [0.15, 0.2) is 5.82 Å². The number of rotatable bonds is 4. The van der Waals surface area contributed by atoms with Crippen LogP contribution in [0.4, 0.5) is 0 Å². The molecule has 26 heavy (non-hydrogen) atoms. The first-order valence-corrected chi connectivity index (χ1v) is 10.9. The van der Waals surface area contributed by atoms with Crippen LogP contribution in [0.1, 0.15) is 67.8 Å². The van der Waals surface area contributed by atoms with Crippen LogP contribution in [0, 0.1) is 5.41 Å². The maximum absolute atomic E-state index is 5.59. The lowest BCUT2D eigenvalue weighted by Crippen LogP contribution is -2.40. The largest absolute Gasteiger partial charge is 0.339 e. The van der Waals surface area contributed by atoms with Gasteiger partial charge in [0.05, 0.1) is 6.04 Å². The molecular formula is C20H28N4OS. The van der Waals surface area contributed by atoms with Gasteiger partial charge >= 0.3 is 0 Å². The molecule has 1 saturated carbocycles. The Bertz CT molecular complexity index is 731. The Morgan fingerprint density at radius 2 is 2.15 bits per heavy atom. The van der Waals surface area contributed by atoms with Crippen LogP contribution in [0.3, 0.4) is 0 Å². The van der Waals surface area contributed by atoms with Gasteiger partial charge in [0.2, 0.25) is 5.89 Å². The molecular weight excluding hydrogens is 344 g/mol. The van der Waals surface area contributed by atoms with Crippen LogP contribution >= 0.6 is 11.3 Å². The van der Waals surface area contributed by atoms with Crippen LogP contribution < -0.4 is 0 Å². The van der Waals surface area contributed by atoms with Gasteiger partial charge in [-0.2, -0.15) is 16.3 Å². The van der Waals surface area contributed by atoms with Crippen molar-refractivity contribution in [3.63, 3.8) is 0 Å². The van der Waals surface area contributed by atoms with Gasteiger partial charge < -0.3 is 4.52 Å². The van der Waals surface area contributed by atoms with Crippen LogP contribution in [0.15, 0.2) is 21.3 Å². The second-order valence-electron chi connectivity index (χ2n) is 8.66. The Hall–Kier alpha value is -1.24. The summed E-state index contributed by atoms with van der Waals surface area (Å²) in [6.07, 6.45) is 7.48. The van der Waals surface area contributed by atoms with E-state index in [1.54, 1.807) is 11.3 Å². The van der Waals surface area contributed by atoms with Crippen LogP contribution in [-0.2, 0) is 6.54 Å². The first kappa shape index (κ1) is 16.9. The second kappa shape index (κ2) is 6.73. The van der Waals surface area contributed by atoms with E-state index >= 15 is 0 Å². The van der Waals surface area contributed by atoms with Crippen molar-refractivity contribution in [1.82, 2.24) is 19.9 Å². The first-order valence-electron chi connectivity index (χ1n) is 9.98. The average Bonchev–Trinajstić information content (AvgIpc) is 3.30. The molecule has 0 radical (unpaired) electrons. The predicted molar refractivity (Wildman–Crippen MR) is 102 cm³/mol. The van der Waals surface area contributed by atoms with E-state index < -0.39 is 0 Å². The van der Waals surface area contributed by atoms with Crippen LogP contribution in [0.25, 0.3) is 0 Å². The maximum Gasteiger partial charge on any atom is 0.229 e.